The molecule has 6 rings (SSSR count). The van der Waals surface area contributed by atoms with Crippen LogP contribution in [0.4, 0.5) is 36.3 Å². The number of nitrogens with zero attached hydrogens (tertiary/aromatic N) is 1. The van der Waals surface area contributed by atoms with Crippen LogP contribution in [0, 0.1) is 11.6 Å². The molecule has 0 bridgehead atoms. The Balaban J connectivity index is 0.000000237. The van der Waals surface area contributed by atoms with E-state index in [0.717, 1.165) is 4.47 Å². The molecule has 0 aliphatic rings. The number of nitrogens with two attached hydrogens (primary N) is 1. The molecule has 0 radical (unpaired) electrons. The highest BCUT2D eigenvalue weighted by atomic mass is 79.9. The van der Waals surface area contributed by atoms with E-state index < -0.39 is 6.03 Å². The molecule has 55 heavy (non-hydrogen) atoms. The molecule has 4 N–H and O–H groups in total. The Morgan fingerprint density at radius 2 is 1.15 bits per heavy atom. The van der Waals surface area contributed by atoms with Crippen molar-refractivity contribution in [2.45, 2.75) is 0 Å². The zero-order valence-electron chi connectivity index (χ0n) is 28.1. The SMILES string of the molecule is ClCCl.Nc1ccc(Oc2ccc(F)cc2)c(Br)c1.O=C(Nc1cccc(Cl)c1)Nc1ccc(Oc2ccc(F)cc2)c(Br)c1.O=C=Nc1cccc(Cl)c1. The predicted molar refractivity (Wildman–Crippen MR) is 226 cm³/mol. The van der Waals surface area contributed by atoms with E-state index >= 15 is 0 Å². The van der Waals surface area contributed by atoms with Crippen LogP contribution in [0.3, 0.4) is 0 Å². The van der Waals surface area contributed by atoms with E-state index in [-0.39, 0.29) is 17.0 Å². The van der Waals surface area contributed by atoms with E-state index in [1.165, 1.54) is 42.5 Å². The van der Waals surface area contributed by atoms with Crippen molar-refractivity contribution < 1.29 is 27.8 Å². The first-order chi connectivity index (χ1) is 26.4. The minimum Gasteiger partial charge on any atom is -0.456 e. The number of amides is 2. The minimum atomic E-state index is -0.397. The van der Waals surface area contributed by atoms with Crippen molar-refractivity contribution in [2.24, 2.45) is 4.99 Å². The van der Waals surface area contributed by atoms with Crippen molar-refractivity contribution in [3.05, 3.63) is 164 Å². The number of isocyanates is 1. The van der Waals surface area contributed by atoms with Crippen LogP contribution in [0.25, 0.3) is 0 Å². The lowest BCUT2D eigenvalue weighted by molar-refractivity contribution is 0.262. The van der Waals surface area contributed by atoms with E-state index in [2.05, 4.69) is 47.5 Å². The molecular formula is C39H28Br2Cl4F2N4O4. The molecule has 284 valence electrons. The van der Waals surface area contributed by atoms with Crippen molar-refractivity contribution in [1.82, 2.24) is 0 Å². The number of anilines is 3. The molecule has 0 spiro atoms. The number of hydrogen-bond acceptors (Lipinski definition) is 6. The summed E-state index contributed by atoms with van der Waals surface area (Å²) >= 11 is 27.7. The molecule has 0 aliphatic carbocycles. The molecule has 0 aliphatic heterocycles. The first-order valence-corrected chi connectivity index (χ1v) is 18.8. The van der Waals surface area contributed by atoms with Crippen molar-refractivity contribution in [3.63, 3.8) is 0 Å². The quantitative estimate of drug-likeness (QED) is 0.0638. The van der Waals surface area contributed by atoms with Gasteiger partial charge in [0, 0.05) is 27.1 Å². The summed E-state index contributed by atoms with van der Waals surface area (Å²) in [7, 11) is 0. The number of carbonyl (C=O) groups is 1. The van der Waals surface area contributed by atoms with Crippen LogP contribution in [0.5, 0.6) is 23.0 Å². The molecule has 0 saturated heterocycles. The number of ether oxygens (including phenoxy) is 2. The molecule has 0 fully saturated rings. The second-order valence-electron chi connectivity index (χ2n) is 10.3. The Morgan fingerprint density at radius 3 is 1.62 bits per heavy atom. The Labute approximate surface area is 352 Å². The fraction of sp³-hybridized carbons (Fsp3) is 0.0256. The summed E-state index contributed by atoms with van der Waals surface area (Å²) in [5.74, 6) is 1.64. The van der Waals surface area contributed by atoms with Crippen LogP contribution < -0.4 is 25.8 Å². The molecule has 6 aromatic rings. The number of halogens is 8. The summed E-state index contributed by atoms with van der Waals surface area (Å²) in [5.41, 5.74) is 7.95. The van der Waals surface area contributed by atoms with Crippen LogP contribution >= 0.6 is 78.3 Å². The van der Waals surface area contributed by atoms with Gasteiger partial charge in [0.1, 0.15) is 34.6 Å². The van der Waals surface area contributed by atoms with Gasteiger partial charge in [-0.1, -0.05) is 35.3 Å². The lowest BCUT2D eigenvalue weighted by Crippen LogP contribution is -2.19. The van der Waals surface area contributed by atoms with Crippen LogP contribution in [0.1, 0.15) is 0 Å². The van der Waals surface area contributed by atoms with Gasteiger partial charge in [-0.25, -0.2) is 18.4 Å². The second kappa shape index (κ2) is 24.0. The zero-order chi connectivity index (χ0) is 40.2. The molecule has 0 heterocycles. The van der Waals surface area contributed by atoms with Crippen LogP contribution in [0.2, 0.25) is 10.0 Å². The number of nitrogens with one attached hydrogen (secondary N) is 2. The number of urea groups is 1. The van der Waals surface area contributed by atoms with Gasteiger partial charge in [-0.15, -0.1) is 23.2 Å². The van der Waals surface area contributed by atoms with Gasteiger partial charge in [0.25, 0.3) is 0 Å². The summed E-state index contributed by atoms with van der Waals surface area (Å²) in [6, 6.07) is 35.0. The molecule has 0 aromatic heterocycles. The second-order valence-corrected chi connectivity index (χ2v) is 13.7. The number of aliphatic imine (C=N–C) groups is 1. The van der Waals surface area contributed by atoms with E-state index in [1.54, 1.807) is 97.1 Å². The standard InChI is InChI=1S/C19H13BrClFN2O2.C12H9BrFNO.C7H4ClNO.CH2Cl2/c20-17-11-15(24-19(25)23-14-3-1-2-12(21)10-14)6-9-18(17)26-16-7-4-13(22)5-8-16;13-11-7-9(15)3-6-12(11)16-10-4-1-8(14)2-5-10;8-6-2-1-3-7(4-6)9-5-10;2-1-3/h1-11H,(H2,23,24,25);1-7H,15H2;1-4H;1H2. The third kappa shape index (κ3) is 17.1. The monoisotopic (exact) mass is 952 g/mol. The van der Waals surface area contributed by atoms with Crippen molar-refractivity contribution >= 4 is 113 Å². The minimum absolute atomic E-state index is 0.194. The number of alkyl halides is 2. The number of hydrogen-bond donors (Lipinski definition) is 3. The van der Waals surface area contributed by atoms with Crippen molar-refractivity contribution in [1.29, 1.82) is 0 Å². The van der Waals surface area contributed by atoms with Gasteiger partial charge in [0.15, 0.2) is 0 Å². The molecule has 8 nitrogen and oxygen atoms in total. The lowest BCUT2D eigenvalue weighted by Gasteiger charge is -2.11. The van der Waals surface area contributed by atoms with Gasteiger partial charge >= 0.3 is 6.03 Å². The number of carbonyl (C=O) groups excluding carboxylic acids is 2. The zero-order valence-corrected chi connectivity index (χ0v) is 34.3. The summed E-state index contributed by atoms with van der Waals surface area (Å²) in [6.07, 6.45) is 1.43. The van der Waals surface area contributed by atoms with Crippen LogP contribution in [-0.4, -0.2) is 17.5 Å². The molecule has 0 atom stereocenters. The fourth-order valence-electron chi connectivity index (χ4n) is 3.98. The number of benzene rings is 6. The van der Waals surface area contributed by atoms with Gasteiger partial charge in [-0.3, -0.25) is 0 Å². The Kier molecular flexibility index (Phi) is 19.5. The highest BCUT2D eigenvalue weighted by Crippen LogP contribution is 2.33. The molecule has 0 unspecified atom stereocenters. The van der Waals surface area contributed by atoms with Gasteiger partial charge < -0.3 is 25.8 Å². The maximum absolute atomic E-state index is 12.9. The Morgan fingerprint density at radius 1 is 0.673 bits per heavy atom. The largest absolute Gasteiger partial charge is 0.456 e. The van der Waals surface area contributed by atoms with Crippen LogP contribution in [0.15, 0.2) is 147 Å². The third-order valence-electron chi connectivity index (χ3n) is 6.29. The molecule has 6 aromatic carbocycles. The van der Waals surface area contributed by atoms with Gasteiger partial charge in [0.2, 0.25) is 6.08 Å². The smallest absolute Gasteiger partial charge is 0.323 e. The molecule has 16 heteroatoms. The lowest BCUT2D eigenvalue weighted by atomic mass is 10.3. The summed E-state index contributed by atoms with van der Waals surface area (Å²) < 4.78 is 38.2. The topological polar surface area (TPSA) is 115 Å². The average molecular weight is 956 g/mol. The van der Waals surface area contributed by atoms with E-state index in [0.29, 0.717) is 60.3 Å². The molecule has 2 amide bonds. The fourth-order valence-corrected chi connectivity index (χ4v) is 5.29. The normalized spacial score (nSPS) is 9.67. The summed E-state index contributed by atoms with van der Waals surface area (Å²) in [6.45, 7) is 0. The number of rotatable bonds is 7. The average Bonchev–Trinajstić information content (AvgIpc) is 3.13. The first kappa shape index (κ1) is 44.7. The maximum atomic E-state index is 12.9. The summed E-state index contributed by atoms with van der Waals surface area (Å²) in [4.78, 5) is 25.2. The Bertz CT molecular complexity index is 2200. The third-order valence-corrected chi connectivity index (χ3v) is 8.00. The van der Waals surface area contributed by atoms with Crippen LogP contribution in [-0.2, 0) is 4.79 Å². The van der Waals surface area contributed by atoms with Gasteiger partial charge in [-0.2, -0.15) is 4.99 Å². The van der Waals surface area contributed by atoms with Gasteiger partial charge in [-0.05, 0) is 153 Å². The molecular weight excluding hydrogens is 928 g/mol. The number of nitrogen functional groups attached to an aromatic ring is 1. The molecule has 0 saturated carbocycles. The van der Waals surface area contributed by atoms with E-state index in [9.17, 15) is 18.4 Å². The van der Waals surface area contributed by atoms with Crippen molar-refractivity contribution in [2.75, 3.05) is 21.7 Å². The van der Waals surface area contributed by atoms with Crippen molar-refractivity contribution in [3.8, 4) is 23.0 Å². The summed E-state index contributed by atoms with van der Waals surface area (Å²) in [5, 5.41) is 6.71. The predicted octanol–water partition coefficient (Wildman–Crippen LogP) is 14.4. The maximum Gasteiger partial charge on any atom is 0.323 e. The van der Waals surface area contributed by atoms with E-state index in [4.69, 9.17) is 61.6 Å². The highest BCUT2D eigenvalue weighted by molar-refractivity contribution is 9.11. The highest BCUT2D eigenvalue weighted by Gasteiger charge is 2.08. The first-order valence-electron chi connectivity index (χ1n) is 15.4. The Hall–Kier alpha value is -4.65. The van der Waals surface area contributed by atoms with Gasteiger partial charge in [0.05, 0.1) is 20.0 Å². The van der Waals surface area contributed by atoms with E-state index in [1.807, 2.05) is 0 Å².